The van der Waals surface area contributed by atoms with Crippen LogP contribution >= 0.6 is 0 Å². The Morgan fingerprint density at radius 2 is 1.84 bits per heavy atom. The molecule has 5 nitrogen and oxygen atoms in total. The second kappa shape index (κ2) is 6.04. The van der Waals surface area contributed by atoms with Crippen molar-refractivity contribution in [2.75, 3.05) is 31.1 Å². The summed E-state index contributed by atoms with van der Waals surface area (Å²) in [5, 5.41) is 1.07. The second-order valence-electron chi connectivity index (χ2n) is 7.92. The van der Waals surface area contributed by atoms with Gasteiger partial charge < -0.3 is 14.2 Å². The van der Waals surface area contributed by atoms with E-state index < -0.39 is 0 Å². The summed E-state index contributed by atoms with van der Waals surface area (Å²) in [4.78, 5) is 22.0. The Kier molecular flexibility index (Phi) is 3.68. The van der Waals surface area contributed by atoms with Gasteiger partial charge in [-0.05, 0) is 49.7 Å². The zero-order chi connectivity index (χ0) is 16.8. The van der Waals surface area contributed by atoms with Gasteiger partial charge >= 0.3 is 0 Å². The zero-order valence-electron chi connectivity index (χ0n) is 14.6. The molecule has 5 rings (SSSR count). The van der Waals surface area contributed by atoms with Crippen molar-refractivity contribution in [2.24, 2.45) is 17.8 Å². The highest BCUT2D eigenvalue weighted by atomic mass is 16.3. The van der Waals surface area contributed by atoms with Gasteiger partial charge in [0.25, 0.3) is 0 Å². The third kappa shape index (κ3) is 2.60. The molecule has 0 N–H and O–H groups in total. The van der Waals surface area contributed by atoms with E-state index in [1.54, 1.807) is 12.5 Å². The molecule has 0 bridgehead atoms. The van der Waals surface area contributed by atoms with E-state index in [1.165, 1.54) is 19.3 Å². The van der Waals surface area contributed by atoms with Crippen LogP contribution in [0.5, 0.6) is 0 Å². The van der Waals surface area contributed by atoms with Gasteiger partial charge in [-0.15, -0.1) is 0 Å². The van der Waals surface area contributed by atoms with Gasteiger partial charge in [0.2, 0.25) is 5.91 Å². The average molecular weight is 339 g/mol. The fourth-order valence-electron chi connectivity index (χ4n) is 5.14. The van der Waals surface area contributed by atoms with Crippen LogP contribution in [0.4, 0.5) is 5.82 Å². The molecular weight excluding hydrogens is 314 g/mol. The van der Waals surface area contributed by atoms with Crippen LogP contribution in [0.15, 0.2) is 29.0 Å². The third-order valence-electron chi connectivity index (χ3n) is 6.54. The van der Waals surface area contributed by atoms with Crippen molar-refractivity contribution < 1.29 is 9.21 Å². The number of anilines is 1. The molecule has 2 saturated heterocycles. The molecule has 2 unspecified atom stereocenters. The Morgan fingerprint density at radius 3 is 2.60 bits per heavy atom. The highest BCUT2D eigenvalue weighted by Crippen LogP contribution is 2.39. The lowest BCUT2D eigenvalue weighted by atomic mass is 9.95. The van der Waals surface area contributed by atoms with Crippen LogP contribution in [0.2, 0.25) is 0 Å². The highest BCUT2D eigenvalue weighted by Gasteiger charge is 2.40. The van der Waals surface area contributed by atoms with Crippen molar-refractivity contribution in [1.82, 2.24) is 9.88 Å². The molecule has 2 aromatic heterocycles. The monoisotopic (exact) mass is 339 g/mol. The van der Waals surface area contributed by atoms with E-state index in [2.05, 4.69) is 14.8 Å². The third-order valence-corrected chi connectivity index (χ3v) is 6.54. The molecule has 25 heavy (non-hydrogen) atoms. The summed E-state index contributed by atoms with van der Waals surface area (Å²) in [7, 11) is 0. The molecule has 4 heterocycles. The molecule has 3 aliphatic rings. The number of furan rings is 1. The van der Waals surface area contributed by atoms with E-state index in [1.807, 2.05) is 12.1 Å². The summed E-state index contributed by atoms with van der Waals surface area (Å²) >= 11 is 0. The van der Waals surface area contributed by atoms with Gasteiger partial charge in [0.05, 0.1) is 11.6 Å². The molecule has 2 atom stereocenters. The predicted molar refractivity (Wildman–Crippen MR) is 96.4 cm³/mol. The number of rotatable bonds is 2. The molecule has 2 aromatic rings. The van der Waals surface area contributed by atoms with Crippen LogP contribution < -0.4 is 4.90 Å². The number of likely N-dealkylation sites (tertiary alicyclic amines) is 1. The number of nitrogens with zero attached hydrogens (tertiary/aromatic N) is 3. The van der Waals surface area contributed by atoms with Crippen LogP contribution in [0.25, 0.3) is 11.0 Å². The normalized spacial score (nSPS) is 27.2. The van der Waals surface area contributed by atoms with E-state index in [0.717, 1.165) is 67.6 Å². The van der Waals surface area contributed by atoms with Gasteiger partial charge in [-0.3, -0.25) is 4.79 Å². The minimum Gasteiger partial charge on any atom is -0.464 e. The maximum atomic E-state index is 12.9. The Labute approximate surface area is 148 Å². The first-order valence-corrected chi connectivity index (χ1v) is 9.65. The topological polar surface area (TPSA) is 49.6 Å². The first kappa shape index (κ1) is 15.2. The standard InChI is InChI=1S/C20H25N3O2/c24-20(23-12-15-2-1-3-16(15)13-23)14-5-9-22(10-6-14)19-17-7-11-25-18(17)4-8-21-19/h4,7-8,11,14-16H,1-3,5-6,9-10,12-13H2. The molecule has 2 aliphatic heterocycles. The second-order valence-corrected chi connectivity index (χ2v) is 7.92. The molecular formula is C20H25N3O2. The molecule has 1 amide bonds. The fourth-order valence-corrected chi connectivity index (χ4v) is 5.14. The van der Waals surface area contributed by atoms with Gasteiger partial charge in [-0.1, -0.05) is 6.42 Å². The lowest BCUT2D eigenvalue weighted by molar-refractivity contribution is -0.135. The first-order valence-electron chi connectivity index (χ1n) is 9.65. The van der Waals surface area contributed by atoms with Crippen LogP contribution in [-0.2, 0) is 4.79 Å². The minimum atomic E-state index is 0.193. The van der Waals surface area contributed by atoms with Crippen LogP contribution in [0.1, 0.15) is 32.1 Å². The summed E-state index contributed by atoms with van der Waals surface area (Å²) in [6, 6.07) is 3.89. The van der Waals surface area contributed by atoms with Crippen molar-refractivity contribution in [2.45, 2.75) is 32.1 Å². The Morgan fingerprint density at radius 1 is 1.08 bits per heavy atom. The number of hydrogen-bond acceptors (Lipinski definition) is 4. The number of pyridine rings is 1. The summed E-state index contributed by atoms with van der Waals surface area (Å²) in [5.41, 5.74) is 0.881. The number of carbonyl (C=O) groups excluding carboxylic acids is 1. The molecule has 0 radical (unpaired) electrons. The first-order chi connectivity index (χ1) is 12.3. The van der Waals surface area contributed by atoms with E-state index in [-0.39, 0.29) is 5.92 Å². The van der Waals surface area contributed by atoms with E-state index >= 15 is 0 Å². The number of carbonyl (C=O) groups is 1. The largest absolute Gasteiger partial charge is 0.464 e. The Balaban J connectivity index is 1.24. The lowest BCUT2D eigenvalue weighted by Gasteiger charge is -2.34. The summed E-state index contributed by atoms with van der Waals surface area (Å²) in [6.45, 7) is 3.82. The quantitative estimate of drug-likeness (QED) is 0.842. The number of aromatic nitrogens is 1. The van der Waals surface area contributed by atoms with Crippen LogP contribution in [0, 0.1) is 17.8 Å². The molecule has 3 fully saturated rings. The number of amides is 1. The molecule has 0 spiro atoms. The summed E-state index contributed by atoms with van der Waals surface area (Å²) in [5.74, 6) is 3.16. The summed E-state index contributed by atoms with van der Waals surface area (Å²) in [6.07, 6.45) is 9.40. The Bertz CT molecular complexity index is 766. The van der Waals surface area contributed by atoms with Crippen molar-refractivity contribution in [1.29, 1.82) is 0 Å². The average Bonchev–Trinajstić information content (AvgIpc) is 3.36. The minimum absolute atomic E-state index is 0.193. The van der Waals surface area contributed by atoms with Crippen LogP contribution in [0.3, 0.4) is 0 Å². The van der Waals surface area contributed by atoms with E-state index in [4.69, 9.17) is 4.42 Å². The van der Waals surface area contributed by atoms with Gasteiger partial charge in [0, 0.05) is 38.3 Å². The van der Waals surface area contributed by atoms with E-state index in [0.29, 0.717) is 5.91 Å². The highest BCUT2D eigenvalue weighted by molar-refractivity contribution is 5.88. The zero-order valence-corrected chi connectivity index (χ0v) is 14.6. The van der Waals surface area contributed by atoms with Gasteiger partial charge in [0.15, 0.2) is 0 Å². The fraction of sp³-hybridized carbons (Fsp3) is 0.600. The predicted octanol–water partition coefficient (Wildman–Crippen LogP) is 3.30. The van der Waals surface area contributed by atoms with Gasteiger partial charge in [0.1, 0.15) is 11.4 Å². The van der Waals surface area contributed by atoms with Crippen molar-refractivity contribution >= 4 is 22.7 Å². The molecule has 1 saturated carbocycles. The Hall–Kier alpha value is -2.04. The molecule has 132 valence electrons. The maximum Gasteiger partial charge on any atom is 0.225 e. The number of fused-ring (bicyclic) bond motifs is 2. The maximum absolute atomic E-state index is 12.9. The SMILES string of the molecule is O=C(C1CCN(c2nccc3occc23)CC1)N1CC2CCCC2C1. The summed E-state index contributed by atoms with van der Waals surface area (Å²) < 4.78 is 5.48. The number of hydrogen-bond donors (Lipinski definition) is 0. The van der Waals surface area contributed by atoms with E-state index in [9.17, 15) is 4.79 Å². The van der Waals surface area contributed by atoms with Gasteiger partial charge in [-0.2, -0.15) is 0 Å². The number of piperidine rings is 1. The molecule has 5 heteroatoms. The van der Waals surface area contributed by atoms with Crippen molar-refractivity contribution in [3.8, 4) is 0 Å². The van der Waals surface area contributed by atoms with Gasteiger partial charge in [-0.25, -0.2) is 4.98 Å². The van der Waals surface area contributed by atoms with Crippen molar-refractivity contribution in [3.63, 3.8) is 0 Å². The smallest absolute Gasteiger partial charge is 0.225 e. The lowest BCUT2D eigenvalue weighted by Crippen LogP contribution is -2.42. The van der Waals surface area contributed by atoms with Crippen LogP contribution in [-0.4, -0.2) is 42.0 Å². The molecule has 1 aliphatic carbocycles. The van der Waals surface area contributed by atoms with Crippen molar-refractivity contribution in [3.05, 3.63) is 24.6 Å². The molecule has 0 aromatic carbocycles.